The second-order valence-electron chi connectivity index (χ2n) is 3.39. The van der Waals surface area contributed by atoms with Crippen LogP contribution >= 0.6 is 12.6 Å². The van der Waals surface area contributed by atoms with Gasteiger partial charge in [0.15, 0.2) is 0 Å². The minimum Gasteiger partial charge on any atom is -0.341 e. The van der Waals surface area contributed by atoms with Crippen LogP contribution < -0.4 is 5.32 Å². The maximum Gasteiger partial charge on any atom is 0.276 e. The highest BCUT2D eigenvalue weighted by atomic mass is 32.1. The number of rotatable bonds is 1. The van der Waals surface area contributed by atoms with E-state index in [-0.39, 0.29) is 10.8 Å². The van der Waals surface area contributed by atoms with Gasteiger partial charge in [0.05, 0.1) is 0 Å². The third-order valence-electron chi connectivity index (χ3n) is 2.34. The van der Waals surface area contributed by atoms with E-state index in [0.29, 0.717) is 19.3 Å². The van der Waals surface area contributed by atoms with Gasteiger partial charge in [0.2, 0.25) is 0 Å². The first kappa shape index (κ1) is 6.46. The predicted octanol–water partition coefficient (Wildman–Crippen LogP) is 1.27. The zero-order valence-corrected chi connectivity index (χ0v) is 6.25. The van der Waals surface area contributed by atoms with Crippen LogP contribution in [-0.4, -0.2) is 16.4 Å². The summed E-state index contributed by atoms with van der Waals surface area (Å²) < 4.78 is 12.8. The maximum atomic E-state index is 12.8. The van der Waals surface area contributed by atoms with Gasteiger partial charge < -0.3 is 5.32 Å². The van der Waals surface area contributed by atoms with E-state index < -0.39 is 5.67 Å². The molecule has 3 aliphatic rings. The first-order valence-corrected chi connectivity index (χ1v) is 3.69. The molecule has 0 radical (unpaired) electrons. The number of alkyl halides is 1. The Kier molecular flexibility index (Phi) is 0.966. The molecule has 3 fully saturated rings. The third-order valence-corrected chi connectivity index (χ3v) is 2.45. The molecule has 10 heavy (non-hydrogen) atoms. The van der Waals surface area contributed by atoms with E-state index in [1.165, 1.54) is 0 Å². The second kappa shape index (κ2) is 1.49. The van der Waals surface area contributed by atoms with E-state index in [0.717, 1.165) is 0 Å². The van der Waals surface area contributed by atoms with Gasteiger partial charge in [-0.15, -0.1) is 0 Å². The number of carbonyl (C=O) groups excluding carboxylic acids is 1. The van der Waals surface area contributed by atoms with Crippen molar-refractivity contribution >= 4 is 17.9 Å². The van der Waals surface area contributed by atoms with Gasteiger partial charge in [-0.05, 0) is 0 Å². The van der Waals surface area contributed by atoms with Gasteiger partial charge in [-0.25, -0.2) is 4.39 Å². The highest BCUT2D eigenvalue weighted by molar-refractivity contribution is 7.96. The SMILES string of the molecule is O=C(S)NC12CC(F)(C1)C2. The lowest BCUT2D eigenvalue weighted by molar-refractivity contribution is -0.161. The topological polar surface area (TPSA) is 29.1 Å². The molecule has 1 N–H and O–H groups in total. The second-order valence-corrected chi connectivity index (χ2v) is 3.80. The van der Waals surface area contributed by atoms with Crippen LogP contribution in [0.3, 0.4) is 0 Å². The lowest BCUT2D eigenvalue weighted by Crippen LogP contribution is -2.76. The fourth-order valence-electron chi connectivity index (χ4n) is 2.02. The summed E-state index contributed by atoms with van der Waals surface area (Å²) in [6.07, 6.45) is 1.48. The zero-order chi connectivity index (χ0) is 7.41. The first-order valence-electron chi connectivity index (χ1n) is 3.24. The van der Waals surface area contributed by atoms with Gasteiger partial charge in [-0.2, -0.15) is 0 Å². The van der Waals surface area contributed by atoms with Crippen molar-refractivity contribution < 1.29 is 9.18 Å². The van der Waals surface area contributed by atoms with Crippen LogP contribution in [0, 0.1) is 0 Å². The molecule has 0 spiro atoms. The standard InChI is InChI=1S/C6H8FNOS/c7-5-1-6(2-5,3-5)8-4(9)10/h1-3H2,(H2,8,9,10). The molecule has 3 saturated carbocycles. The molecule has 3 aliphatic carbocycles. The Bertz CT molecular complexity index is 186. The van der Waals surface area contributed by atoms with Crippen LogP contribution in [0.5, 0.6) is 0 Å². The van der Waals surface area contributed by atoms with Crippen LogP contribution in [0.15, 0.2) is 0 Å². The average molecular weight is 161 g/mol. The third kappa shape index (κ3) is 0.682. The lowest BCUT2D eigenvalue weighted by Gasteiger charge is -2.65. The number of thiol groups is 1. The van der Waals surface area contributed by atoms with Crippen molar-refractivity contribution in [2.45, 2.75) is 30.5 Å². The summed E-state index contributed by atoms with van der Waals surface area (Å²) in [4.78, 5) is 10.4. The van der Waals surface area contributed by atoms with Gasteiger partial charge in [-0.3, -0.25) is 4.79 Å². The van der Waals surface area contributed by atoms with Crippen molar-refractivity contribution in [2.24, 2.45) is 0 Å². The van der Waals surface area contributed by atoms with Crippen molar-refractivity contribution in [3.63, 3.8) is 0 Å². The summed E-state index contributed by atoms with van der Waals surface area (Å²) in [7, 11) is 0. The van der Waals surface area contributed by atoms with E-state index in [9.17, 15) is 9.18 Å². The maximum absolute atomic E-state index is 12.8. The van der Waals surface area contributed by atoms with E-state index in [1.54, 1.807) is 0 Å². The van der Waals surface area contributed by atoms with Crippen LogP contribution in [0.4, 0.5) is 9.18 Å². The average Bonchev–Trinajstić information content (AvgIpc) is 1.56. The monoisotopic (exact) mass is 161 g/mol. The minimum atomic E-state index is -0.934. The quantitative estimate of drug-likeness (QED) is 0.557. The number of hydrogen-bond donors (Lipinski definition) is 2. The molecule has 56 valence electrons. The number of carbonyl (C=O) groups is 1. The summed E-state index contributed by atoms with van der Waals surface area (Å²) in [5.41, 5.74) is -1.14. The minimum absolute atomic E-state index is 0.201. The Labute approximate surface area is 63.6 Å². The largest absolute Gasteiger partial charge is 0.341 e. The van der Waals surface area contributed by atoms with Crippen molar-refractivity contribution in [1.82, 2.24) is 5.32 Å². The fraction of sp³-hybridized carbons (Fsp3) is 0.833. The summed E-state index contributed by atoms with van der Waals surface area (Å²) >= 11 is 3.56. The molecular weight excluding hydrogens is 153 g/mol. The van der Waals surface area contributed by atoms with Crippen LogP contribution in [0.1, 0.15) is 19.3 Å². The molecule has 0 atom stereocenters. The van der Waals surface area contributed by atoms with Crippen molar-refractivity contribution in [3.8, 4) is 0 Å². The molecule has 0 saturated heterocycles. The van der Waals surface area contributed by atoms with E-state index >= 15 is 0 Å². The molecule has 0 unspecified atom stereocenters. The summed E-state index contributed by atoms with van der Waals surface area (Å²) in [5, 5.41) is 2.29. The molecule has 3 rings (SSSR count). The number of nitrogens with one attached hydrogen (secondary N) is 1. The number of halogens is 1. The zero-order valence-electron chi connectivity index (χ0n) is 5.35. The molecule has 0 aromatic heterocycles. The Hall–Kier alpha value is -0.250. The normalized spacial score (nSPS) is 49.0. The van der Waals surface area contributed by atoms with E-state index in [4.69, 9.17) is 0 Å². The molecule has 0 aromatic carbocycles. The lowest BCUT2D eigenvalue weighted by atomic mass is 9.47. The summed E-state index contributed by atoms with van der Waals surface area (Å²) in [6.45, 7) is 0. The first-order chi connectivity index (χ1) is 4.54. The highest BCUT2D eigenvalue weighted by Crippen LogP contribution is 2.62. The van der Waals surface area contributed by atoms with Crippen LogP contribution in [0.2, 0.25) is 0 Å². The highest BCUT2D eigenvalue weighted by Gasteiger charge is 2.69. The smallest absolute Gasteiger partial charge is 0.276 e. The summed E-state index contributed by atoms with van der Waals surface area (Å²) in [6, 6.07) is 0. The van der Waals surface area contributed by atoms with Gasteiger partial charge in [0.1, 0.15) is 5.67 Å². The van der Waals surface area contributed by atoms with Gasteiger partial charge in [0.25, 0.3) is 5.24 Å². The van der Waals surface area contributed by atoms with Gasteiger partial charge in [0, 0.05) is 24.8 Å². The summed E-state index contributed by atoms with van der Waals surface area (Å²) in [5.74, 6) is 0. The van der Waals surface area contributed by atoms with E-state index in [2.05, 4.69) is 17.9 Å². The molecule has 2 nitrogen and oxygen atoms in total. The van der Waals surface area contributed by atoms with E-state index in [1.807, 2.05) is 0 Å². The van der Waals surface area contributed by atoms with Gasteiger partial charge >= 0.3 is 0 Å². The Morgan fingerprint density at radius 2 is 2.00 bits per heavy atom. The molecule has 4 heteroatoms. The van der Waals surface area contributed by atoms with Crippen LogP contribution in [0.25, 0.3) is 0 Å². The molecule has 0 aromatic rings. The van der Waals surface area contributed by atoms with Crippen molar-refractivity contribution in [1.29, 1.82) is 0 Å². The predicted molar refractivity (Wildman–Crippen MR) is 37.9 cm³/mol. The number of amides is 1. The molecule has 0 heterocycles. The molecule has 1 amide bonds. The Balaban J connectivity index is 1.93. The van der Waals surface area contributed by atoms with Crippen molar-refractivity contribution in [3.05, 3.63) is 0 Å². The fourth-order valence-corrected chi connectivity index (χ4v) is 2.26. The van der Waals surface area contributed by atoms with Crippen LogP contribution in [-0.2, 0) is 0 Å². The molecule has 2 bridgehead atoms. The van der Waals surface area contributed by atoms with Gasteiger partial charge in [-0.1, -0.05) is 12.6 Å². The Morgan fingerprint density at radius 1 is 1.50 bits per heavy atom. The number of hydrogen-bond acceptors (Lipinski definition) is 1. The van der Waals surface area contributed by atoms with Crippen molar-refractivity contribution in [2.75, 3.05) is 0 Å². The Morgan fingerprint density at radius 3 is 2.30 bits per heavy atom. The molecular formula is C6H8FNOS. The molecule has 0 aliphatic heterocycles.